The molecule has 0 aliphatic heterocycles. The number of nitrogens with one attached hydrogen (secondary N) is 1. The van der Waals surface area contributed by atoms with Crippen molar-refractivity contribution in [1.29, 1.82) is 0 Å². The predicted molar refractivity (Wildman–Crippen MR) is 69.9 cm³/mol. The van der Waals surface area contributed by atoms with Crippen molar-refractivity contribution in [2.75, 3.05) is 0 Å². The van der Waals surface area contributed by atoms with Gasteiger partial charge in [-0.05, 0) is 30.2 Å². The van der Waals surface area contributed by atoms with E-state index in [-0.39, 0.29) is 0 Å². The Morgan fingerprint density at radius 2 is 2.00 bits per heavy atom. The van der Waals surface area contributed by atoms with Crippen molar-refractivity contribution in [1.82, 2.24) is 14.9 Å². The second-order valence-corrected chi connectivity index (χ2v) is 4.74. The molecule has 0 saturated carbocycles. The molecule has 0 amide bonds. The van der Waals surface area contributed by atoms with Crippen LogP contribution in [0, 0.1) is 6.92 Å². The van der Waals surface area contributed by atoms with Gasteiger partial charge in [0, 0.05) is 26.3 Å². The molecular weight excluding hydrogens is 267 g/mol. The molecule has 0 radical (unpaired) electrons. The summed E-state index contributed by atoms with van der Waals surface area (Å²) in [7, 11) is 1.90. The molecule has 1 aromatic heterocycles. The Kier molecular flexibility index (Phi) is 4.13. The summed E-state index contributed by atoms with van der Waals surface area (Å²) in [5.41, 5.74) is 1.91. The van der Waals surface area contributed by atoms with Crippen LogP contribution in [0.5, 0.6) is 0 Å². The van der Waals surface area contributed by atoms with E-state index in [9.17, 15) is 13.2 Å². The van der Waals surface area contributed by atoms with Crippen molar-refractivity contribution in [3.8, 4) is 0 Å². The summed E-state index contributed by atoms with van der Waals surface area (Å²) in [5.74, 6) is 0. The zero-order valence-corrected chi connectivity index (χ0v) is 11.3. The first-order chi connectivity index (χ1) is 9.38. The number of aryl methyl sites for hydroxylation is 2. The van der Waals surface area contributed by atoms with Gasteiger partial charge in [0.2, 0.25) is 0 Å². The molecule has 3 nitrogen and oxygen atoms in total. The lowest BCUT2D eigenvalue weighted by atomic mass is 10.0. The van der Waals surface area contributed by atoms with Gasteiger partial charge in [-0.15, -0.1) is 0 Å². The quantitative estimate of drug-likeness (QED) is 0.934. The van der Waals surface area contributed by atoms with Gasteiger partial charge in [-0.25, -0.2) is 4.98 Å². The van der Waals surface area contributed by atoms with E-state index < -0.39 is 11.7 Å². The highest BCUT2D eigenvalue weighted by molar-refractivity contribution is 5.32. The van der Waals surface area contributed by atoms with Crippen LogP contribution in [0.1, 0.15) is 22.4 Å². The van der Waals surface area contributed by atoms with Gasteiger partial charge in [0.25, 0.3) is 0 Å². The van der Waals surface area contributed by atoms with Gasteiger partial charge in [-0.1, -0.05) is 6.07 Å². The van der Waals surface area contributed by atoms with Crippen molar-refractivity contribution in [3.63, 3.8) is 0 Å². The zero-order chi connectivity index (χ0) is 14.8. The predicted octanol–water partition coefficient (Wildman–Crippen LogP) is 3.04. The Morgan fingerprint density at radius 3 is 2.55 bits per heavy atom. The molecule has 2 aromatic rings. The molecule has 0 spiro atoms. The lowest BCUT2D eigenvalue weighted by Crippen LogP contribution is -2.16. The summed E-state index contributed by atoms with van der Waals surface area (Å²) >= 11 is 0. The lowest BCUT2D eigenvalue weighted by molar-refractivity contribution is -0.137. The minimum Gasteiger partial charge on any atom is -0.337 e. The number of hydrogen-bond acceptors (Lipinski definition) is 2. The number of hydrogen-bond donors (Lipinski definition) is 1. The van der Waals surface area contributed by atoms with Crippen molar-refractivity contribution < 1.29 is 13.2 Å². The summed E-state index contributed by atoms with van der Waals surface area (Å²) in [6.07, 6.45) is -0.821. The summed E-state index contributed by atoms with van der Waals surface area (Å²) in [4.78, 5) is 4.00. The second-order valence-electron chi connectivity index (χ2n) is 4.74. The molecule has 20 heavy (non-hydrogen) atoms. The molecule has 0 unspecified atom stereocenters. The van der Waals surface area contributed by atoms with Gasteiger partial charge in [0.05, 0.1) is 17.6 Å². The van der Waals surface area contributed by atoms with E-state index in [2.05, 4.69) is 10.3 Å². The second kappa shape index (κ2) is 5.66. The fourth-order valence-corrected chi connectivity index (χ4v) is 1.95. The number of halogens is 3. The standard InChI is InChI=1S/C14H16F3N3/c1-10-5-12(14(15,16)17)4-3-11(10)6-18-7-13-8-19-9-20(13)2/h3-5,8-9,18H,6-7H2,1-2H3. The minimum absolute atomic E-state index is 0.523. The summed E-state index contributed by atoms with van der Waals surface area (Å²) < 4.78 is 39.6. The molecule has 1 aromatic carbocycles. The van der Waals surface area contributed by atoms with Crippen molar-refractivity contribution in [3.05, 3.63) is 53.1 Å². The third-order valence-electron chi connectivity index (χ3n) is 3.21. The van der Waals surface area contributed by atoms with E-state index in [4.69, 9.17) is 0 Å². The highest BCUT2D eigenvalue weighted by atomic mass is 19.4. The van der Waals surface area contributed by atoms with E-state index in [1.807, 2.05) is 11.6 Å². The van der Waals surface area contributed by atoms with Crippen LogP contribution in [0.4, 0.5) is 13.2 Å². The van der Waals surface area contributed by atoms with Crippen LogP contribution in [-0.2, 0) is 26.3 Å². The maximum Gasteiger partial charge on any atom is 0.416 e. The van der Waals surface area contributed by atoms with Crippen molar-refractivity contribution in [2.45, 2.75) is 26.2 Å². The molecule has 6 heteroatoms. The van der Waals surface area contributed by atoms with Crippen LogP contribution in [0.2, 0.25) is 0 Å². The molecule has 1 N–H and O–H groups in total. The van der Waals surface area contributed by atoms with E-state index in [0.717, 1.165) is 17.3 Å². The fraction of sp³-hybridized carbons (Fsp3) is 0.357. The van der Waals surface area contributed by atoms with E-state index in [0.29, 0.717) is 18.7 Å². The summed E-state index contributed by atoms with van der Waals surface area (Å²) in [5, 5.41) is 3.20. The Morgan fingerprint density at radius 1 is 1.25 bits per heavy atom. The fourth-order valence-electron chi connectivity index (χ4n) is 1.95. The molecule has 0 saturated heterocycles. The first-order valence-corrected chi connectivity index (χ1v) is 6.20. The van der Waals surface area contributed by atoms with Gasteiger partial charge in [-0.3, -0.25) is 0 Å². The van der Waals surface area contributed by atoms with Crippen LogP contribution in [0.25, 0.3) is 0 Å². The third kappa shape index (κ3) is 3.39. The van der Waals surface area contributed by atoms with Gasteiger partial charge >= 0.3 is 6.18 Å². The molecule has 1 heterocycles. The summed E-state index contributed by atoms with van der Waals surface area (Å²) in [6, 6.07) is 3.82. The number of alkyl halides is 3. The monoisotopic (exact) mass is 283 g/mol. The average Bonchev–Trinajstić information content (AvgIpc) is 2.76. The lowest BCUT2D eigenvalue weighted by Gasteiger charge is -2.12. The number of rotatable bonds is 4. The van der Waals surface area contributed by atoms with E-state index >= 15 is 0 Å². The van der Waals surface area contributed by atoms with Gasteiger partial charge in [0.15, 0.2) is 0 Å². The molecule has 0 aliphatic rings. The first kappa shape index (κ1) is 14.6. The zero-order valence-electron chi connectivity index (χ0n) is 11.3. The summed E-state index contributed by atoms with van der Waals surface area (Å²) in [6.45, 7) is 2.84. The van der Waals surface area contributed by atoms with Crippen molar-refractivity contribution >= 4 is 0 Å². The molecule has 0 atom stereocenters. The largest absolute Gasteiger partial charge is 0.416 e. The highest BCUT2D eigenvalue weighted by Crippen LogP contribution is 2.30. The minimum atomic E-state index is -4.29. The molecule has 0 bridgehead atoms. The molecule has 0 aliphatic carbocycles. The van der Waals surface area contributed by atoms with Gasteiger partial charge in [-0.2, -0.15) is 13.2 Å². The molecular formula is C14H16F3N3. The molecule has 2 rings (SSSR count). The third-order valence-corrected chi connectivity index (χ3v) is 3.21. The maximum absolute atomic E-state index is 12.6. The van der Waals surface area contributed by atoms with E-state index in [1.54, 1.807) is 19.4 Å². The normalized spacial score (nSPS) is 11.8. The smallest absolute Gasteiger partial charge is 0.337 e. The van der Waals surface area contributed by atoms with Crippen molar-refractivity contribution in [2.24, 2.45) is 7.05 Å². The Bertz CT molecular complexity index is 588. The first-order valence-electron chi connectivity index (χ1n) is 6.20. The number of aromatic nitrogens is 2. The van der Waals surface area contributed by atoms with Crippen LogP contribution >= 0.6 is 0 Å². The average molecular weight is 283 g/mol. The topological polar surface area (TPSA) is 29.9 Å². The van der Waals surface area contributed by atoms with Crippen LogP contribution < -0.4 is 5.32 Å². The Labute approximate surface area is 115 Å². The molecule has 0 fully saturated rings. The van der Waals surface area contributed by atoms with Gasteiger partial charge < -0.3 is 9.88 Å². The SMILES string of the molecule is Cc1cc(C(F)(F)F)ccc1CNCc1cncn1C. The Hall–Kier alpha value is -1.82. The molecule has 108 valence electrons. The van der Waals surface area contributed by atoms with Crippen LogP contribution in [-0.4, -0.2) is 9.55 Å². The highest BCUT2D eigenvalue weighted by Gasteiger charge is 2.30. The maximum atomic E-state index is 12.6. The number of imidazole rings is 1. The van der Waals surface area contributed by atoms with Gasteiger partial charge in [0.1, 0.15) is 0 Å². The van der Waals surface area contributed by atoms with E-state index in [1.165, 1.54) is 12.1 Å². The number of benzene rings is 1. The van der Waals surface area contributed by atoms with Crippen LogP contribution in [0.15, 0.2) is 30.7 Å². The Balaban J connectivity index is 1.98. The van der Waals surface area contributed by atoms with Crippen LogP contribution in [0.3, 0.4) is 0 Å². The number of nitrogens with zero attached hydrogens (tertiary/aromatic N) is 2.